The van der Waals surface area contributed by atoms with Crippen molar-refractivity contribution >= 4 is 21.7 Å². The van der Waals surface area contributed by atoms with Crippen molar-refractivity contribution in [1.82, 2.24) is 0 Å². The molecule has 1 N–H and O–H groups in total. The minimum absolute atomic E-state index is 0.0454. The normalized spacial score (nSPS) is 14.9. The number of anilines is 1. The molecule has 2 aromatic carbocycles. The predicted octanol–water partition coefficient (Wildman–Crippen LogP) is 3.30. The molecule has 0 aromatic heterocycles. The predicted molar refractivity (Wildman–Crippen MR) is 93.5 cm³/mol. The van der Waals surface area contributed by atoms with Crippen molar-refractivity contribution in [2.24, 2.45) is 0 Å². The Morgan fingerprint density at radius 2 is 2.00 bits per heavy atom. The summed E-state index contributed by atoms with van der Waals surface area (Å²) < 4.78 is 35.9. The van der Waals surface area contributed by atoms with Gasteiger partial charge >= 0.3 is 10.1 Å². The zero-order valence-electron chi connectivity index (χ0n) is 14.0. The van der Waals surface area contributed by atoms with Gasteiger partial charge in [-0.2, -0.15) is 8.42 Å². The highest BCUT2D eigenvalue weighted by Crippen LogP contribution is 2.33. The highest BCUT2D eigenvalue weighted by Gasteiger charge is 2.23. The number of carbonyl (C=O) groups is 1. The maximum atomic E-state index is 12.7. The summed E-state index contributed by atoms with van der Waals surface area (Å²) in [6.07, 6.45) is 0.864. The van der Waals surface area contributed by atoms with E-state index in [0.717, 1.165) is 12.0 Å². The van der Waals surface area contributed by atoms with E-state index in [9.17, 15) is 13.2 Å². The number of nitrogens with one attached hydrogen (secondary N) is 1. The van der Waals surface area contributed by atoms with Gasteiger partial charge in [-0.3, -0.25) is 4.79 Å². The van der Waals surface area contributed by atoms with Gasteiger partial charge in [0.15, 0.2) is 6.61 Å². The van der Waals surface area contributed by atoms with Gasteiger partial charge in [0.05, 0.1) is 5.69 Å². The van der Waals surface area contributed by atoms with Crippen LogP contribution in [0.2, 0.25) is 0 Å². The molecule has 25 heavy (non-hydrogen) atoms. The molecule has 132 valence electrons. The van der Waals surface area contributed by atoms with Crippen LogP contribution in [0.1, 0.15) is 31.7 Å². The van der Waals surface area contributed by atoms with Crippen molar-refractivity contribution in [3.63, 3.8) is 0 Å². The number of hydrogen-bond acceptors (Lipinski definition) is 5. The first-order valence-electron chi connectivity index (χ1n) is 8.01. The zero-order valence-corrected chi connectivity index (χ0v) is 14.8. The average molecular weight is 361 g/mol. The molecular formula is C18H19NO5S. The number of fused-ring (bicyclic) bond motifs is 1. The first-order chi connectivity index (χ1) is 11.9. The number of carbonyl (C=O) groups excluding carboxylic acids is 1. The molecule has 1 amide bonds. The minimum Gasteiger partial charge on any atom is -0.482 e. The largest absolute Gasteiger partial charge is 0.482 e. The van der Waals surface area contributed by atoms with Gasteiger partial charge in [-0.15, -0.1) is 0 Å². The molecule has 0 saturated carbocycles. The average Bonchev–Trinajstić information content (AvgIpc) is 2.60. The van der Waals surface area contributed by atoms with Crippen LogP contribution in [0.4, 0.5) is 5.69 Å². The van der Waals surface area contributed by atoms with Gasteiger partial charge in [-0.25, -0.2) is 0 Å². The topological polar surface area (TPSA) is 81.7 Å². The van der Waals surface area contributed by atoms with Crippen LogP contribution < -0.4 is 14.2 Å². The van der Waals surface area contributed by atoms with E-state index in [1.54, 1.807) is 12.1 Å². The van der Waals surface area contributed by atoms with Crippen LogP contribution in [0.3, 0.4) is 0 Å². The summed E-state index contributed by atoms with van der Waals surface area (Å²) in [4.78, 5) is 11.4. The zero-order chi connectivity index (χ0) is 18.0. The van der Waals surface area contributed by atoms with Gasteiger partial charge in [-0.1, -0.05) is 32.0 Å². The van der Waals surface area contributed by atoms with Crippen LogP contribution in [0.25, 0.3) is 0 Å². The first kappa shape index (κ1) is 17.3. The van der Waals surface area contributed by atoms with Crippen molar-refractivity contribution in [3.8, 4) is 11.5 Å². The molecule has 0 bridgehead atoms. The highest BCUT2D eigenvalue weighted by molar-refractivity contribution is 7.87. The third-order valence-corrected chi connectivity index (χ3v) is 5.36. The number of rotatable bonds is 5. The van der Waals surface area contributed by atoms with E-state index in [-0.39, 0.29) is 23.3 Å². The summed E-state index contributed by atoms with van der Waals surface area (Å²) >= 11 is 0. The second-order valence-electron chi connectivity index (χ2n) is 5.88. The van der Waals surface area contributed by atoms with Crippen molar-refractivity contribution in [2.45, 2.75) is 31.1 Å². The second-order valence-corrected chi connectivity index (χ2v) is 7.43. The molecule has 1 heterocycles. The maximum Gasteiger partial charge on any atom is 0.339 e. The Labute approximate surface area is 146 Å². The van der Waals surface area contributed by atoms with Crippen molar-refractivity contribution < 1.29 is 22.1 Å². The number of ether oxygens (including phenoxy) is 1. The smallest absolute Gasteiger partial charge is 0.339 e. The minimum atomic E-state index is -4.04. The molecule has 0 saturated heterocycles. The molecule has 6 nitrogen and oxygen atoms in total. The standard InChI is InChI=1S/C18H19NO5S/c1-3-12(2)14-6-4-5-7-16(14)24-25(21,22)13-8-9-17-15(10-13)19-18(20)11-23-17/h4-10,12H,3,11H2,1-2H3,(H,19,20). The van der Waals surface area contributed by atoms with E-state index in [1.165, 1.54) is 18.2 Å². The Hall–Kier alpha value is -2.54. The van der Waals surface area contributed by atoms with Crippen LogP contribution >= 0.6 is 0 Å². The molecule has 0 radical (unpaired) electrons. The molecule has 1 unspecified atom stereocenters. The monoisotopic (exact) mass is 361 g/mol. The third-order valence-electron chi connectivity index (χ3n) is 4.13. The van der Waals surface area contributed by atoms with Gasteiger partial charge in [0.25, 0.3) is 5.91 Å². The van der Waals surface area contributed by atoms with Gasteiger partial charge in [0, 0.05) is 0 Å². The summed E-state index contributed by atoms with van der Waals surface area (Å²) in [5.74, 6) is 0.584. The van der Waals surface area contributed by atoms with Crippen molar-refractivity contribution in [2.75, 3.05) is 11.9 Å². The molecule has 0 aliphatic carbocycles. The van der Waals surface area contributed by atoms with Crippen LogP contribution in [-0.4, -0.2) is 20.9 Å². The lowest BCUT2D eigenvalue weighted by Gasteiger charge is -2.19. The van der Waals surface area contributed by atoms with Gasteiger partial charge in [0.2, 0.25) is 0 Å². The molecule has 0 spiro atoms. The van der Waals surface area contributed by atoms with Crippen molar-refractivity contribution in [1.29, 1.82) is 0 Å². The SMILES string of the molecule is CCC(C)c1ccccc1OS(=O)(=O)c1ccc2c(c1)NC(=O)CO2. The second kappa shape index (κ2) is 6.76. The fraction of sp³-hybridized carbons (Fsp3) is 0.278. The van der Waals surface area contributed by atoms with E-state index in [4.69, 9.17) is 8.92 Å². The fourth-order valence-electron chi connectivity index (χ4n) is 2.57. The number of hydrogen-bond donors (Lipinski definition) is 1. The fourth-order valence-corrected chi connectivity index (χ4v) is 3.55. The lowest BCUT2D eigenvalue weighted by atomic mass is 9.98. The van der Waals surface area contributed by atoms with Crippen LogP contribution in [0.15, 0.2) is 47.4 Å². The van der Waals surface area contributed by atoms with E-state index in [1.807, 2.05) is 26.0 Å². The Morgan fingerprint density at radius 3 is 2.76 bits per heavy atom. The van der Waals surface area contributed by atoms with Crippen LogP contribution in [0, 0.1) is 0 Å². The molecule has 1 atom stereocenters. The third kappa shape index (κ3) is 3.61. The number of amides is 1. The Morgan fingerprint density at radius 1 is 1.24 bits per heavy atom. The van der Waals surface area contributed by atoms with Crippen molar-refractivity contribution in [3.05, 3.63) is 48.0 Å². The number of benzene rings is 2. The Kier molecular flexibility index (Phi) is 4.67. The summed E-state index contributed by atoms with van der Waals surface area (Å²) in [6.45, 7) is 3.96. The van der Waals surface area contributed by atoms with E-state index < -0.39 is 10.1 Å². The lowest BCUT2D eigenvalue weighted by molar-refractivity contribution is -0.118. The van der Waals surface area contributed by atoms with Crippen LogP contribution in [-0.2, 0) is 14.9 Å². The summed E-state index contributed by atoms with van der Waals surface area (Å²) in [5, 5.41) is 2.59. The van der Waals surface area contributed by atoms with Gasteiger partial charge in [0.1, 0.15) is 16.4 Å². The van der Waals surface area contributed by atoms with E-state index >= 15 is 0 Å². The first-order valence-corrected chi connectivity index (χ1v) is 9.41. The molecule has 0 fully saturated rings. The molecule has 2 aromatic rings. The van der Waals surface area contributed by atoms with Gasteiger partial charge in [-0.05, 0) is 42.2 Å². The Bertz CT molecular complexity index is 907. The molecule has 7 heteroatoms. The molecule has 1 aliphatic rings. The number of para-hydroxylation sites is 1. The van der Waals surface area contributed by atoms with Crippen LogP contribution in [0.5, 0.6) is 11.5 Å². The van der Waals surface area contributed by atoms with E-state index in [2.05, 4.69) is 5.32 Å². The quantitative estimate of drug-likeness (QED) is 0.827. The summed E-state index contributed by atoms with van der Waals surface area (Å²) in [7, 11) is -4.04. The van der Waals surface area contributed by atoms with Gasteiger partial charge < -0.3 is 14.2 Å². The lowest BCUT2D eigenvalue weighted by Crippen LogP contribution is -2.25. The Balaban J connectivity index is 1.93. The summed E-state index contributed by atoms with van der Waals surface area (Å²) in [5.41, 5.74) is 1.15. The van der Waals surface area contributed by atoms with E-state index in [0.29, 0.717) is 17.2 Å². The summed E-state index contributed by atoms with van der Waals surface area (Å²) in [6, 6.07) is 11.3. The molecule has 1 aliphatic heterocycles. The highest BCUT2D eigenvalue weighted by atomic mass is 32.2. The maximum absolute atomic E-state index is 12.7. The molecule has 3 rings (SSSR count). The molecular weight excluding hydrogens is 342 g/mol.